The van der Waals surface area contributed by atoms with Gasteiger partial charge >= 0.3 is 6.09 Å². The van der Waals surface area contributed by atoms with Crippen LogP contribution in [0.25, 0.3) is 0 Å². The van der Waals surface area contributed by atoms with Crippen LogP contribution in [0, 0.1) is 6.92 Å². The third-order valence-corrected chi connectivity index (χ3v) is 4.65. The fraction of sp³-hybridized carbons (Fsp3) is 0.591. The number of benzene rings is 1. The van der Waals surface area contributed by atoms with Crippen LogP contribution in [-0.2, 0) is 20.7 Å². The van der Waals surface area contributed by atoms with Gasteiger partial charge in [-0.2, -0.15) is 0 Å². The van der Waals surface area contributed by atoms with Crippen molar-refractivity contribution < 1.29 is 19.1 Å². The molecule has 1 aromatic carbocycles. The molecule has 0 unspecified atom stereocenters. The third-order valence-electron chi connectivity index (χ3n) is 4.65. The Morgan fingerprint density at radius 2 is 1.69 bits per heavy atom. The number of nitrogens with zero attached hydrogens (tertiary/aromatic N) is 2. The molecule has 160 valence electrons. The Morgan fingerprint density at radius 1 is 1.03 bits per heavy atom. The molecule has 1 heterocycles. The van der Waals surface area contributed by atoms with E-state index in [0.29, 0.717) is 32.6 Å². The Labute approximate surface area is 173 Å². The lowest BCUT2D eigenvalue weighted by molar-refractivity contribution is -0.133. The van der Waals surface area contributed by atoms with Crippen molar-refractivity contribution >= 4 is 17.9 Å². The molecule has 7 nitrogen and oxygen atoms in total. The van der Waals surface area contributed by atoms with Crippen molar-refractivity contribution in [1.82, 2.24) is 15.1 Å². The molecule has 3 amide bonds. The smallest absolute Gasteiger partial charge is 0.407 e. The molecule has 1 aliphatic heterocycles. The van der Waals surface area contributed by atoms with Crippen LogP contribution < -0.4 is 5.32 Å². The molecule has 1 fully saturated rings. The highest BCUT2D eigenvalue weighted by molar-refractivity contribution is 5.79. The van der Waals surface area contributed by atoms with Gasteiger partial charge in [-0.3, -0.25) is 9.59 Å². The van der Waals surface area contributed by atoms with Crippen LogP contribution >= 0.6 is 0 Å². The summed E-state index contributed by atoms with van der Waals surface area (Å²) in [5.74, 6) is 0.0746. The monoisotopic (exact) mass is 403 g/mol. The summed E-state index contributed by atoms with van der Waals surface area (Å²) in [5.41, 5.74) is 1.59. The number of carbonyl (C=O) groups excluding carboxylic acids is 3. The van der Waals surface area contributed by atoms with Crippen LogP contribution in [0.5, 0.6) is 0 Å². The van der Waals surface area contributed by atoms with Crippen molar-refractivity contribution in [3.05, 3.63) is 35.4 Å². The predicted octanol–water partition coefficient (Wildman–Crippen LogP) is 2.51. The SMILES string of the molecule is Cc1cccc(CC(=O)N2CCCN(C(=O)CCNC(=O)OC(C)(C)C)CC2)c1. The van der Waals surface area contributed by atoms with Crippen LogP contribution in [0.1, 0.15) is 44.7 Å². The Balaban J connectivity index is 1.76. The number of nitrogens with one attached hydrogen (secondary N) is 1. The molecule has 0 aliphatic carbocycles. The highest BCUT2D eigenvalue weighted by Crippen LogP contribution is 2.10. The Bertz CT molecular complexity index is 727. The molecule has 0 aromatic heterocycles. The minimum Gasteiger partial charge on any atom is -0.444 e. The van der Waals surface area contributed by atoms with Crippen LogP contribution in [0.3, 0.4) is 0 Å². The standard InChI is InChI=1S/C22H33N3O4/c1-17-7-5-8-18(15-17)16-20(27)25-12-6-11-24(13-14-25)19(26)9-10-23-21(28)29-22(2,3)4/h5,7-8,15H,6,9-14,16H2,1-4H3,(H,23,28). The molecule has 1 aliphatic rings. The van der Waals surface area contributed by atoms with Crippen LogP contribution in [0.15, 0.2) is 24.3 Å². The molecular formula is C22H33N3O4. The van der Waals surface area contributed by atoms with Gasteiger partial charge in [-0.1, -0.05) is 29.8 Å². The van der Waals surface area contributed by atoms with E-state index in [-0.39, 0.29) is 24.8 Å². The molecule has 0 spiro atoms. The lowest BCUT2D eigenvalue weighted by Gasteiger charge is -2.23. The maximum atomic E-state index is 12.6. The summed E-state index contributed by atoms with van der Waals surface area (Å²) < 4.78 is 5.16. The molecule has 1 aromatic rings. The highest BCUT2D eigenvalue weighted by atomic mass is 16.6. The van der Waals surface area contributed by atoms with E-state index in [1.165, 1.54) is 0 Å². The second kappa shape index (κ2) is 10.3. The maximum absolute atomic E-state index is 12.6. The van der Waals surface area contributed by atoms with Crippen molar-refractivity contribution in [2.45, 2.75) is 52.6 Å². The largest absolute Gasteiger partial charge is 0.444 e. The number of rotatable bonds is 5. The average Bonchev–Trinajstić information content (AvgIpc) is 2.86. The number of ether oxygens (including phenoxy) is 1. The number of carbonyl (C=O) groups is 3. The first-order valence-corrected chi connectivity index (χ1v) is 10.2. The summed E-state index contributed by atoms with van der Waals surface area (Å²) >= 11 is 0. The lowest BCUT2D eigenvalue weighted by Crippen LogP contribution is -2.39. The molecule has 0 saturated carbocycles. The van der Waals surface area contributed by atoms with Crippen molar-refractivity contribution in [3.8, 4) is 0 Å². The zero-order chi connectivity index (χ0) is 21.4. The Hall–Kier alpha value is -2.57. The molecule has 1 N–H and O–H groups in total. The van der Waals surface area contributed by atoms with Crippen molar-refractivity contribution in [1.29, 1.82) is 0 Å². The molecule has 1 saturated heterocycles. The van der Waals surface area contributed by atoms with Gasteiger partial charge in [0.05, 0.1) is 6.42 Å². The van der Waals surface area contributed by atoms with Gasteiger partial charge in [0.25, 0.3) is 0 Å². The molecule has 2 rings (SSSR count). The first kappa shape index (κ1) is 22.7. The molecule has 0 radical (unpaired) electrons. The molecular weight excluding hydrogens is 370 g/mol. The van der Waals surface area contributed by atoms with Gasteiger partial charge in [0, 0.05) is 39.1 Å². The summed E-state index contributed by atoms with van der Waals surface area (Å²) in [5, 5.41) is 2.61. The van der Waals surface area contributed by atoms with Gasteiger partial charge in [0.15, 0.2) is 0 Å². The lowest BCUT2D eigenvalue weighted by atomic mass is 10.1. The van der Waals surface area contributed by atoms with Crippen LogP contribution in [-0.4, -0.2) is 66.0 Å². The fourth-order valence-electron chi connectivity index (χ4n) is 3.27. The van der Waals surface area contributed by atoms with Crippen molar-refractivity contribution in [3.63, 3.8) is 0 Å². The number of hydrogen-bond acceptors (Lipinski definition) is 4. The van der Waals surface area contributed by atoms with Crippen LogP contribution in [0.4, 0.5) is 4.79 Å². The number of hydrogen-bond donors (Lipinski definition) is 1. The summed E-state index contributed by atoms with van der Waals surface area (Å²) in [6, 6.07) is 7.98. The normalized spacial score (nSPS) is 14.9. The Morgan fingerprint density at radius 3 is 2.31 bits per heavy atom. The van der Waals surface area contributed by atoms with Crippen molar-refractivity contribution in [2.24, 2.45) is 0 Å². The minimum absolute atomic E-state index is 0.0194. The summed E-state index contributed by atoms with van der Waals surface area (Å²) in [4.78, 5) is 40.4. The quantitative estimate of drug-likeness (QED) is 0.819. The van der Waals surface area contributed by atoms with Gasteiger partial charge in [-0.25, -0.2) is 4.79 Å². The summed E-state index contributed by atoms with van der Waals surface area (Å²) in [6.07, 6.45) is 0.838. The summed E-state index contributed by atoms with van der Waals surface area (Å²) in [6.45, 7) is 9.97. The zero-order valence-corrected chi connectivity index (χ0v) is 18.0. The topological polar surface area (TPSA) is 79.0 Å². The van der Waals surface area contributed by atoms with Gasteiger partial charge < -0.3 is 19.9 Å². The van der Waals surface area contributed by atoms with E-state index in [1.807, 2.05) is 36.1 Å². The average molecular weight is 404 g/mol. The third kappa shape index (κ3) is 8.13. The van der Waals surface area contributed by atoms with Gasteiger partial charge in [-0.05, 0) is 39.7 Å². The van der Waals surface area contributed by atoms with Gasteiger partial charge in [0.2, 0.25) is 11.8 Å². The zero-order valence-electron chi connectivity index (χ0n) is 18.0. The molecule has 7 heteroatoms. The van der Waals surface area contributed by atoms with Gasteiger partial charge in [-0.15, -0.1) is 0 Å². The van der Waals surface area contributed by atoms with Gasteiger partial charge in [0.1, 0.15) is 5.60 Å². The van der Waals surface area contributed by atoms with E-state index in [2.05, 4.69) is 5.32 Å². The highest BCUT2D eigenvalue weighted by Gasteiger charge is 2.22. The van der Waals surface area contributed by atoms with E-state index >= 15 is 0 Å². The minimum atomic E-state index is -0.562. The number of aryl methyl sites for hydroxylation is 1. The molecule has 0 bridgehead atoms. The van der Waals surface area contributed by atoms with E-state index < -0.39 is 11.7 Å². The summed E-state index contributed by atoms with van der Waals surface area (Å²) in [7, 11) is 0. The first-order chi connectivity index (χ1) is 13.6. The molecule has 29 heavy (non-hydrogen) atoms. The van der Waals surface area contributed by atoms with E-state index in [9.17, 15) is 14.4 Å². The van der Waals surface area contributed by atoms with E-state index in [0.717, 1.165) is 17.5 Å². The molecule has 0 atom stereocenters. The van der Waals surface area contributed by atoms with E-state index in [4.69, 9.17) is 4.74 Å². The van der Waals surface area contributed by atoms with Crippen molar-refractivity contribution in [2.75, 3.05) is 32.7 Å². The first-order valence-electron chi connectivity index (χ1n) is 10.2. The number of alkyl carbamates (subject to hydrolysis) is 1. The maximum Gasteiger partial charge on any atom is 0.407 e. The predicted molar refractivity (Wildman–Crippen MR) is 112 cm³/mol. The number of amides is 3. The fourth-order valence-corrected chi connectivity index (χ4v) is 3.27. The second-order valence-electron chi connectivity index (χ2n) is 8.46. The van der Waals surface area contributed by atoms with Crippen LogP contribution in [0.2, 0.25) is 0 Å². The van der Waals surface area contributed by atoms with E-state index in [1.54, 1.807) is 25.7 Å². The Kier molecular flexibility index (Phi) is 8.05. The second-order valence-corrected chi connectivity index (χ2v) is 8.46.